The van der Waals surface area contributed by atoms with Crippen LogP contribution in [0.3, 0.4) is 0 Å². The first-order chi connectivity index (χ1) is 16.2. The van der Waals surface area contributed by atoms with Crippen molar-refractivity contribution in [3.63, 3.8) is 0 Å². The van der Waals surface area contributed by atoms with Gasteiger partial charge in [-0.15, -0.1) is 0 Å². The summed E-state index contributed by atoms with van der Waals surface area (Å²) in [6.07, 6.45) is 5.25. The maximum Gasteiger partial charge on any atom is 0.417 e. The summed E-state index contributed by atoms with van der Waals surface area (Å²) in [5.41, 5.74) is -0.358. The number of fused-ring (bicyclic) bond motifs is 1. The number of methoxy groups -OCH3 is 2. The molecular weight excluding hydrogens is 453 g/mol. The summed E-state index contributed by atoms with van der Waals surface area (Å²) in [4.78, 5) is 23.9. The van der Waals surface area contributed by atoms with Crippen LogP contribution in [0.2, 0.25) is 0 Å². The van der Waals surface area contributed by atoms with Crippen LogP contribution in [-0.2, 0) is 19.1 Å². The van der Waals surface area contributed by atoms with E-state index in [4.69, 9.17) is 18.9 Å². The van der Waals surface area contributed by atoms with E-state index in [9.17, 15) is 22.8 Å². The number of benzene rings is 1. The SMILES string of the molecule is CCCCCCCC/C=C1\C=C(C(F)(F)F)c2cc(OC(=O)COC)c(OC(=O)COC)cc21. The van der Waals surface area contributed by atoms with E-state index in [0.29, 0.717) is 12.0 Å². The number of unbranched alkanes of at least 4 members (excludes halogenated alkanes) is 6. The second kappa shape index (κ2) is 13.3. The van der Waals surface area contributed by atoms with Gasteiger partial charge in [-0.05, 0) is 47.8 Å². The molecule has 1 aliphatic rings. The smallest absolute Gasteiger partial charge is 0.417 e. The van der Waals surface area contributed by atoms with Gasteiger partial charge < -0.3 is 18.9 Å². The standard InChI is InChI=1S/C25H31F3O6/c1-4-5-6-7-8-9-10-11-17-12-20(25(26,27)28)19-14-22(34-24(30)16-32-3)21(13-18(17)19)33-23(29)15-31-2/h11-14H,4-10,15-16H2,1-3H3/b17-11+. The number of esters is 2. The Morgan fingerprint density at radius 3 is 1.91 bits per heavy atom. The molecule has 0 bridgehead atoms. The Morgan fingerprint density at radius 2 is 1.38 bits per heavy atom. The third-order valence-electron chi connectivity index (χ3n) is 5.18. The minimum Gasteiger partial charge on any atom is -0.421 e. The van der Waals surface area contributed by atoms with Crippen molar-refractivity contribution in [3.8, 4) is 11.5 Å². The van der Waals surface area contributed by atoms with E-state index in [1.807, 2.05) is 0 Å². The van der Waals surface area contributed by atoms with Crippen LogP contribution in [0.15, 0.2) is 24.3 Å². The van der Waals surface area contributed by atoms with E-state index in [2.05, 4.69) is 6.92 Å². The summed E-state index contributed by atoms with van der Waals surface area (Å²) in [6.45, 7) is 1.33. The highest BCUT2D eigenvalue weighted by molar-refractivity contribution is 5.98. The summed E-state index contributed by atoms with van der Waals surface area (Å²) >= 11 is 0. The lowest BCUT2D eigenvalue weighted by Crippen LogP contribution is -2.18. The summed E-state index contributed by atoms with van der Waals surface area (Å²) in [7, 11) is 2.57. The number of allylic oxidation sites excluding steroid dienone is 4. The van der Waals surface area contributed by atoms with E-state index in [-0.39, 0.29) is 29.2 Å². The summed E-state index contributed by atoms with van der Waals surface area (Å²) < 4.78 is 61.1. The number of rotatable bonds is 13. The summed E-state index contributed by atoms with van der Waals surface area (Å²) in [5.74, 6) is -2.11. The van der Waals surface area contributed by atoms with Crippen LogP contribution in [-0.4, -0.2) is 45.5 Å². The fraction of sp³-hybridized carbons (Fsp3) is 0.520. The Bertz CT molecular complexity index is 918. The highest BCUT2D eigenvalue weighted by atomic mass is 19.4. The maximum atomic E-state index is 13.8. The van der Waals surface area contributed by atoms with Gasteiger partial charge in [0.15, 0.2) is 11.5 Å². The first kappa shape index (κ1) is 27.6. The Morgan fingerprint density at radius 1 is 0.853 bits per heavy atom. The molecule has 0 atom stereocenters. The second-order valence-corrected chi connectivity index (χ2v) is 7.93. The van der Waals surface area contributed by atoms with Gasteiger partial charge in [-0.3, -0.25) is 0 Å². The molecule has 0 unspecified atom stereocenters. The van der Waals surface area contributed by atoms with Gasteiger partial charge in [-0.1, -0.05) is 45.1 Å². The van der Waals surface area contributed by atoms with Crippen LogP contribution in [0.4, 0.5) is 13.2 Å². The zero-order valence-corrected chi connectivity index (χ0v) is 19.8. The molecule has 9 heteroatoms. The third kappa shape index (κ3) is 7.99. The van der Waals surface area contributed by atoms with E-state index < -0.39 is 30.3 Å². The Labute approximate surface area is 197 Å². The van der Waals surface area contributed by atoms with Gasteiger partial charge in [0.05, 0.1) is 5.57 Å². The molecular formula is C25H31F3O6. The summed E-state index contributed by atoms with van der Waals surface area (Å²) in [6, 6.07) is 2.36. The molecule has 0 aromatic heterocycles. The van der Waals surface area contributed by atoms with Crippen LogP contribution in [0, 0.1) is 0 Å². The third-order valence-corrected chi connectivity index (χ3v) is 5.18. The molecule has 0 radical (unpaired) electrons. The number of hydrogen-bond acceptors (Lipinski definition) is 6. The molecule has 0 N–H and O–H groups in total. The molecule has 1 aromatic carbocycles. The average molecular weight is 485 g/mol. The number of carbonyl (C=O) groups is 2. The average Bonchev–Trinajstić information content (AvgIpc) is 3.11. The Balaban J connectivity index is 2.38. The fourth-order valence-corrected chi connectivity index (χ4v) is 3.62. The van der Waals surface area contributed by atoms with Crippen LogP contribution in [0.25, 0.3) is 11.1 Å². The number of hydrogen-bond donors (Lipinski definition) is 0. The quantitative estimate of drug-likeness (QED) is 0.198. The van der Waals surface area contributed by atoms with Crippen LogP contribution < -0.4 is 9.47 Å². The lowest BCUT2D eigenvalue weighted by atomic mass is 10.0. The van der Waals surface area contributed by atoms with Crippen molar-refractivity contribution in [2.75, 3.05) is 27.4 Å². The molecule has 34 heavy (non-hydrogen) atoms. The van der Waals surface area contributed by atoms with Crippen molar-refractivity contribution in [3.05, 3.63) is 35.4 Å². The Hall–Kier alpha value is -2.65. The lowest BCUT2D eigenvalue weighted by molar-refractivity contribution is -0.141. The minimum atomic E-state index is -4.62. The molecule has 0 aliphatic heterocycles. The van der Waals surface area contributed by atoms with Gasteiger partial charge in [0.25, 0.3) is 0 Å². The van der Waals surface area contributed by atoms with E-state index in [1.165, 1.54) is 26.7 Å². The summed E-state index contributed by atoms with van der Waals surface area (Å²) in [5, 5.41) is 0. The van der Waals surface area contributed by atoms with E-state index in [0.717, 1.165) is 44.2 Å². The molecule has 0 saturated heterocycles. The van der Waals surface area contributed by atoms with E-state index >= 15 is 0 Å². The lowest BCUT2D eigenvalue weighted by Gasteiger charge is -2.15. The number of carbonyl (C=O) groups excluding carboxylic acids is 2. The van der Waals surface area contributed by atoms with Gasteiger partial charge >= 0.3 is 18.1 Å². The van der Waals surface area contributed by atoms with Gasteiger partial charge in [0.1, 0.15) is 13.2 Å². The van der Waals surface area contributed by atoms with Crippen LogP contribution >= 0.6 is 0 Å². The van der Waals surface area contributed by atoms with Crippen molar-refractivity contribution in [2.24, 2.45) is 0 Å². The molecule has 1 aromatic rings. The molecule has 188 valence electrons. The Kier molecular flexibility index (Phi) is 10.8. The number of alkyl halides is 3. The molecule has 0 fully saturated rings. The zero-order chi connectivity index (χ0) is 25.1. The van der Waals surface area contributed by atoms with E-state index in [1.54, 1.807) is 6.08 Å². The fourth-order valence-electron chi connectivity index (χ4n) is 3.62. The van der Waals surface area contributed by atoms with Gasteiger partial charge in [0.2, 0.25) is 0 Å². The first-order valence-corrected chi connectivity index (χ1v) is 11.3. The molecule has 0 saturated carbocycles. The second-order valence-electron chi connectivity index (χ2n) is 7.93. The molecule has 0 amide bonds. The molecule has 6 nitrogen and oxygen atoms in total. The topological polar surface area (TPSA) is 71.1 Å². The molecule has 2 rings (SSSR count). The van der Waals surface area contributed by atoms with Gasteiger partial charge in [-0.2, -0.15) is 13.2 Å². The largest absolute Gasteiger partial charge is 0.421 e. The molecule has 1 aliphatic carbocycles. The monoisotopic (exact) mass is 484 g/mol. The minimum absolute atomic E-state index is 0.145. The predicted octanol–water partition coefficient (Wildman–Crippen LogP) is 5.88. The van der Waals surface area contributed by atoms with Crippen molar-refractivity contribution >= 4 is 23.1 Å². The first-order valence-electron chi connectivity index (χ1n) is 11.3. The highest BCUT2D eigenvalue weighted by Crippen LogP contribution is 2.48. The normalized spacial score (nSPS) is 14.2. The van der Waals surface area contributed by atoms with Gasteiger partial charge in [-0.25, -0.2) is 9.59 Å². The number of ether oxygens (including phenoxy) is 4. The maximum absolute atomic E-state index is 13.8. The van der Waals surface area contributed by atoms with Crippen molar-refractivity contribution < 1.29 is 41.7 Å². The highest BCUT2D eigenvalue weighted by Gasteiger charge is 2.40. The zero-order valence-electron chi connectivity index (χ0n) is 19.8. The predicted molar refractivity (Wildman–Crippen MR) is 121 cm³/mol. The molecule has 0 spiro atoms. The van der Waals surface area contributed by atoms with Crippen molar-refractivity contribution in [1.29, 1.82) is 0 Å². The molecule has 0 heterocycles. The van der Waals surface area contributed by atoms with Gasteiger partial charge in [0, 0.05) is 14.2 Å². The van der Waals surface area contributed by atoms with Crippen LogP contribution in [0.1, 0.15) is 63.0 Å². The van der Waals surface area contributed by atoms with Crippen molar-refractivity contribution in [2.45, 2.75) is 58.0 Å². The van der Waals surface area contributed by atoms with Crippen molar-refractivity contribution in [1.82, 2.24) is 0 Å². The number of halogens is 3. The van der Waals surface area contributed by atoms with Crippen LogP contribution in [0.5, 0.6) is 11.5 Å².